The normalized spacial score (nSPS) is 18.7. The first-order valence-electron chi connectivity index (χ1n) is 6.48. The SMILES string of the molecule is CCC(NCC(O)C1CC1)c1ccc(Cl)c(Cl)c1. The molecule has 0 amide bonds. The number of aliphatic hydroxyl groups excluding tert-OH is 1. The summed E-state index contributed by atoms with van der Waals surface area (Å²) < 4.78 is 0. The van der Waals surface area contributed by atoms with Crippen molar-refractivity contribution in [1.29, 1.82) is 0 Å². The Labute approximate surface area is 118 Å². The van der Waals surface area contributed by atoms with E-state index in [0.717, 1.165) is 24.8 Å². The van der Waals surface area contributed by atoms with Gasteiger partial charge in [0.15, 0.2) is 0 Å². The fraction of sp³-hybridized carbons (Fsp3) is 0.571. The van der Waals surface area contributed by atoms with E-state index in [4.69, 9.17) is 23.2 Å². The van der Waals surface area contributed by atoms with Crippen LogP contribution in [-0.2, 0) is 0 Å². The third kappa shape index (κ3) is 3.61. The van der Waals surface area contributed by atoms with Crippen molar-refractivity contribution in [2.24, 2.45) is 5.92 Å². The second kappa shape index (κ2) is 6.25. The van der Waals surface area contributed by atoms with Crippen LogP contribution in [-0.4, -0.2) is 17.8 Å². The van der Waals surface area contributed by atoms with E-state index in [1.54, 1.807) is 0 Å². The number of nitrogens with one attached hydrogen (secondary N) is 1. The van der Waals surface area contributed by atoms with Gasteiger partial charge >= 0.3 is 0 Å². The minimum absolute atomic E-state index is 0.216. The summed E-state index contributed by atoms with van der Waals surface area (Å²) in [4.78, 5) is 0. The second-order valence-corrected chi connectivity index (χ2v) is 5.76. The molecule has 2 nitrogen and oxygen atoms in total. The lowest BCUT2D eigenvalue weighted by Gasteiger charge is -2.20. The molecular weight excluding hydrogens is 269 g/mol. The third-order valence-electron chi connectivity index (χ3n) is 3.49. The molecule has 1 saturated carbocycles. The Kier molecular flexibility index (Phi) is 4.91. The molecule has 0 heterocycles. The van der Waals surface area contributed by atoms with Crippen molar-refractivity contribution in [2.45, 2.75) is 38.3 Å². The summed E-state index contributed by atoms with van der Waals surface area (Å²) in [5.41, 5.74) is 1.12. The number of rotatable bonds is 6. The van der Waals surface area contributed by atoms with Crippen molar-refractivity contribution in [3.8, 4) is 0 Å². The van der Waals surface area contributed by atoms with Gasteiger partial charge in [-0.05, 0) is 42.9 Å². The summed E-state index contributed by atoms with van der Waals surface area (Å²) in [6, 6.07) is 5.92. The van der Waals surface area contributed by atoms with Crippen LogP contribution >= 0.6 is 23.2 Å². The molecule has 0 spiro atoms. The van der Waals surface area contributed by atoms with Crippen molar-refractivity contribution in [3.05, 3.63) is 33.8 Å². The number of hydrogen-bond donors (Lipinski definition) is 2. The Morgan fingerprint density at radius 1 is 1.33 bits per heavy atom. The molecule has 2 unspecified atom stereocenters. The molecule has 2 rings (SSSR count). The Bertz CT molecular complexity index is 407. The highest BCUT2D eigenvalue weighted by Crippen LogP contribution is 2.33. The minimum Gasteiger partial charge on any atom is -0.392 e. The zero-order valence-corrected chi connectivity index (χ0v) is 12.0. The quantitative estimate of drug-likeness (QED) is 0.834. The molecule has 1 aliphatic rings. The van der Waals surface area contributed by atoms with Gasteiger partial charge in [-0.15, -0.1) is 0 Å². The van der Waals surface area contributed by atoms with Gasteiger partial charge < -0.3 is 10.4 Å². The number of hydrogen-bond acceptors (Lipinski definition) is 2. The van der Waals surface area contributed by atoms with E-state index in [2.05, 4.69) is 12.2 Å². The highest BCUT2D eigenvalue weighted by Gasteiger charge is 2.29. The van der Waals surface area contributed by atoms with Crippen LogP contribution in [0.15, 0.2) is 18.2 Å². The van der Waals surface area contributed by atoms with E-state index >= 15 is 0 Å². The molecule has 1 fully saturated rings. The Balaban J connectivity index is 1.96. The molecule has 0 radical (unpaired) electrons. The first kappa shape index (κ1) is 14.1. The minimum atomic E-state index is -0.221. The van der Waals surface area contributed by atoms with Gasteiger partial charge in [-0.1, -0.05) is 36.2 Å². The van der Waals surface area contributed by atoms with E-state index < -0.39 is 0 Å². The summed E-state index contributed by atoms with van der Waals surface area (Å²) in [6.45, 7) is 2.76. The summed E-state index contributed by atoms with van der Waals surface area (Å²) >= 11 is 11.9. The highest BCUT2D eigenvalue weighted by atomic mass is 35.5. The van der Waals surface area contributed by atoms with Crippen molar-refractivity contribution in [2.75, 3.05) is 6.54 Å². The Hall–Kier alpha value is -0.280. The van der Waals surface area contributed by atoms with Crippen molar-refractivity contribution in [3.63, 3.8) is 0 Å². The molecule has 0 saturated heterocycles. The smallest absolute Gasteiger partial charge is 0.0692 e. The summed E-state index contributed by atoms with van der Waals surface area (Å²) in [5.74, 6) is 0.504. The standard InChI is InChI=1S/C14H19Cl2NO/c1-2-13(17-8-14(18)9-3-4-9)10-5-6-11(15)12(16)7-10/h5-7,9,13-14,17-18H,2-4,8H2,1H3. The molecule has 2 N–H and O–H groups in total. The zero-order chi connectivity index (χ0) is 13.1. The van der Waals surface area contributed by atoms with Crippen LogP contribution in [0.25, 0.3) is 0 Å². The Morgan fingerprint density at radius 2 is 2.06 bits per heavy atom. The fourth-order valence-corrected chi connectivity index (χ4v) is 2.44. The van der Waals surface area contributed by atoms with E-state index in [1.165, 1.54) is 0 Å². The highest BCUT2D eigenvalue weighted by molar-refractivity contribution is 6.42. The van der Waals surface area contributed by atoms with Crippen molar-refractivity contribution < 1.29 is 5.11 Å². The van der Waals surface area contributed by atoms with Gasteiger partial charge in [-0.2, -0.15) is 0 Å². The zero-order valence-electron chi connectivity index (χ0n) is 10.5. The van der Waals surface area contributed by atoms with Gasteiger partial charge in [0.05, 0.1) is 16.1 Å². The molecule has 4 heteroatoms. The van der Waals surface area contributed by atoms with Crippen LogP contribution in [0.5, 0.6) is 0 Å². The number of aliphatic hydroxyl groups is 1. The largest absolute Gasteiger partial charge is 0.392 e. The van der Waals surface area contributed by atoms with E-state index in [-0.39, 0.29) is 12.1 Å². The van der Waals surface area contributed by atoms with E-state index in [9.17, 15) is 5.11 Å². The predicted octanol–water partition coefficient (Wildman–Crippen LogP) is 3.81. The number of benzene rings is 1. The van der Waals surface area contributed by atoms with Gasteiger partial charge in [0.1, 0.15) is 0 Å². The summed E-state index contributed by atoms with van der Waals surface area (Å²) in [5, 5.41) is 14.4. The molecule has 1 aromatic rings. The maximum atomic E-state index is 9.87. The van der Waals surface area contributed by atoms with E-state index in [0.29, 0.717) is 22.5 Å². The topological polar surface area (TPSA) is 32.3 Å². The molecule has 2 atom stereocenters. The Morgan fingerprint density at radius 3 is 2.61 bits per heavy atom. The van der Waals surface area contributed by atoms with E-state index in [1.807, 2.05) is 18.2 Å². The van der Waals surface area contributed by atoms with Gasteiger partial charge in [0.2, 0.25) is 0 Å². The third-order valence-corrected chi connectivity index (χ3v) is 4.23. The van der Waals surface area contributed by atoms with Crippen molar-refractivity contribution >= 4 is 23.2 Å². The first-order valence-corrected chi connectivity index (χ1v) is 7.23. The van der Waals surface area contributed by atoms with Crippen LogP contribution < -0.4 is 5.32 Å². The maximum Gasteiger partial charge on any atom is 0.0692 e. The average molecular weight is 288 g/mol. The van der Waals surface area contributed by atoms with Crippen molar-refractivity contribution in [1.82, 2.24) is 5.32 Å². The molecule has 18 heavy (non-hydrogen) atoms. The average Bonchev–Trinajstić information content (AvgIpc) is 3.18. The monoisotopic (exact) mass is 287 g/mol. The van der Waals surface area contributed by atoms with Gasteiger partial charge in [-0.25, -0.2) is 0 Å². The van der Waals surface area contributed by atoms with Gasteiger partial charge in [0.25, 0.3) is 0 Å². The molecule has 0 aliphatic heterocycles. The second-order valence-electron chi connectivity index (χ2n) is 4.95. The lowest BCUT2D eigenvalue weighted by Crippen LogP contribution is -2.31. The van der Waals surface area contributed by atoms with Crippen LogP contribution in [0.2, 0.25) is 10.0 Å². The summed E-state index contributed by atoms with van der Waals surface area (Å²) in [6.07, 6.45) is 3.05. The first-order chi connectivity index (χ1) is 8.61. The molecule has 1 aromatic carbocycles. The van der Waals surface area contributed by atoms with Crippen LogP contribution in [0.3, 0.4) is 0 Å². The van der Waals surface area contributed by atoms with Crippen LogP contribution in [0.1, 0.15) is 37.8 Å². The predicted molar refractivity (Wildman–Crippen MR) is 76.2 cm³/mol. The van der Waals surface area contributed by atoms with Crippen LogP contribution in [0, 0.1) is 5.92 Å². The van der Waals surface area contributed by atoms with Gasteiger partial charge in [0, 0.05) is 12.6 Å². The molecular formula is C14H19Cl2NO. The number of halogens is 2. The molecule has 1 aliphatic carbocycles. The summed E-state index contributed by atoms with van der Waals surface area (Å²) in [7, 11) is 0. The molecule has 0 bridgehead atoms. The lowest BCUT2D eigenvalue weighted by molar-refractivity contribution is 0.144. The maximum absolute atomic E-state index is 9.87. The fourth-order valence-electron chi connectivity index (χ4n) is 2.14. The van der Waals surface area contributed by atoms with Gasteiger partial charge in [-0.3, -0.25) is 0 Å². The molecule has 0 aromatic heterocycles. The lowest BCUT2D eigenvalue weighted by atomic mass is 10.0. The van der Waals surface area contributed by atoms with Crippen LogP contribution in [0.4, 0.5) is 0 Å². The molecule has 100 valence electrons.